The molecule has 32 heavy (non-hydrogen) atoms. The Labute approximate surface area is 188 Å². The minimum Gasteiger partial charge on any atom is -0.507 e. The lowest BCUT2D eigenvalue weighted by atomic mass is 9.86. The van der Waals surface area contributed by atoms with Crippen LogP contribution >= 0.6 is 0 Å². The van der Waals surface area contributed by atoms with E-state index in [1.54, 1.807) is 18.2 Å². The molecule has 0 aliphatic carbocycles. The van der Waals surface area contributed by atoms with Gasteiger partial charge in [0.05, 0.1) is 35.5 Å². The topological polar surface area (TPSA) is 86.7 Å². The molecule has 1 amide bonds. The lowest BCUT2D eigenvalue weighted by Crippen LogP contribution is -2.29. The number of aromatic hydroxyl groups is 1. The zero-order valence-corrected chi connectivity index (χ0v) is 19.3. The summed E-state index contributed by atoms with van der Waals surface area (Å²) in [7, 11) is 7.65. The van der Waals surface area contributed by atoms with Crippen molar-refractivity contribution in [1.29, 1.82) is 0 Å². The maximum absolute atomic E-state index is 13.2. The Kier molecular flexibility index (Phi) is 7.56. The molecule has 0 radical (unpaired) electrons. The van der Waals surface area contributed by atoms with Crippen molar-refractivity contribution < 1.29 is 33.6 Å². The van der Waals surface area contributed by atoms with E-state index in [1.165, 1.54) is 41.6 Å². The zero-order valence-electron chi connectivity index (χ0n) is 19.3. The first-order valence-electron chi connectivity index (χ1n) is 10.5. The van der Waals surface area contributed by atoms with E-state index in [-0.39, 0.29) is 18.1 Å². The van der Waals surface area contributed by atoms with Gasteiger partial charge in [-0.05, 0) is 30.5 Å². The molecule has 0 saturated carbocycles. The smallest absolute Gasteiger partial charge is 0.223 e. The van der Waals surface area contributed by atoms with Crippen molar-refractivity contribution in [3.8, 4) is 34.5 Å². The molecule has 1 N–H and O–H groups in total. The van der Waals surface area contributed by atoms with Gasteiger partial charge in [-0.3, -0.25) is 4.79 Å². The van der Waals surface area contributed by atoms with Gasteiger partial charge in [-0.25, -0.2) is 0 Å². The van der Waals surface area contributed by atoms with E-state index < -0.39 is 5.92 Å². The van der Waals surface area contributed by atoms with Gasteiger partial charge in [0.1, 0.15) is 17.2 Å². The van der Waals surface area contributed by atoms with Crippen molar-refractivity contribution >= 4 is 5.91 Å². The van der Waals surface area contributed by atoms with E-state index in [4.69, 9.17) is 23.7 Å². The van der Waals surface area contributed by atoms with Gasteiger partial charge in [0.2, 0.25) is 11.7 Å². The predicted molar refractivity (Wildman–Crippen MR) is 120 cm³/mol. The Balaban J connectivity index is 2.17. The molecule has 174 valence electrons. The van der Waals surface area contributed by atoms with Crippen LogP contribution in [0.2, 0.25) is 0 Å². The zero-order chi connectivity index (χ0) is 23.3. The highest BCUT2D eigenvalue weighted by Crippen LogP contribution is 2.47. The van der Waals surface area contributed by atoms with E-state index in [0.29, 0.717) is 34.3 Å². The van der Waals surface area contributed by atoms with Crippen LogP contribution < -0.4 is 23.7 Å². The number of likely N-dealkylation sites (tertiary alicyclic amines) is 1. The molecule has 2 aromatic rings. The molecule has 1 aliphatic heterocycles. The molecular weight excluding hydrogens is 414 g/mol. The molecule has 2 aromatic carbocycles. The number of nitrogens with zero attached hydrogens (tertiary/aromatic N) is 1. The Morgan fingerprint density at radius 2 is 1.47 bits per heavy atom. The summed E-state index contributed by atoms with van der Waals surface area (Å²) < 4.78 is 27.3. The minimum absolute atomic E-state index is 0.0125. The number of ether oxygens (including phenoxy) is 5. The fourth-order valence-electron chi connectivity index (χ4n) is 4.18. The summed E-state index contributed by atoms with van der Waals surface area (Å²) in [5.41, 5.74) is 1.22. The van der Waals surface area contributed by atoms with Crippen LogP contribution in [-0.2, 0) is 4.79 Å². The molecule has 0 aromatic heterocycles. The van der Waals surface area contributed by atoms with Crippen molar-refractivity contribution in [2.24, 2.45) is 0 Å². The number of amides is 1. The number of rotatable bonds is 9. The monoisotopic (exact) mass is 445 g/mol. The van der Waals surface area contributed by atoms with Gasteiger partial charge in [0.25, 0.3) is 0 Å². The molecule has 0 spiro atoms. The molecule has 8 nitrogen and oxygen atoms in total. The molecule has 1 saturated heterocycles. The maximum Gasteiger partial charge on any atom is 0.223 e. The first kappa shape index (κ1) is 23.4. The number of carbonyl (C=O) groups is 1. The van der Waals surface area contributed by atoms with Crippen molar-refractivity contribution in [1.82, 2.24) is 4.90 Å². The lowest BCUT2D eigenvalue weighted by Gasteiger charge is -2.25. The summed E-state index contributed by atoms with van der Waals surface area (Å²) in [6.07, 6.45) is 2.14. The SMILES string of the molecule is COc1cc(O)c([C@H](CC(=O)N2CCCC2)c2cc(OC)c(OC)c(OC)c2)c(OC)c1. The predicted octanol–water partition coefficient (Wildman–Crippen LogP) is 3.58. The Hall–Kier alpha value is -3.29. The highest BCUT2D eigenvalue weighted by Gasteiger charge is 2.30. The molecule has 3 rings (SSSR count). The van der Waals surface area contributed by atoms with E-state index in [0.717, 1.165) is 31.5 Å². The number of hydrogen-bond donors (Lipinski definition) is 1. The second kappa shape index (κ2) is 10.3. The van der Waals surface area contributed by atoms with Crippen LogP contribution in [0.1, 0.15) is 36.3 Å². The van der Waals surface area contributed by atoms with Crippen LogP contribution in [0.15, 0.2) is 24.3 Å². The maximum atomic E-state index is 13.2. The van der Waals surface area contributed by atoms with Crippen molar-refractivity contribution in [3.63, 3.8) is 0 Å². The number of hydrogen-bond acceptors (Lipinski definition) is 7. The highest BCUT2D eigenvalue weighted by molar-refractivity contribution is 5.79. The summed E-state index contributed by atoms with van der Waals surface area (Å²) in [4.78, 5) is 15.0. The van der Waals surface area contributed by atoms with Crippen LogP contribution in [0.5, 0.6) is 34.5 Å². The third-order valence-corrected chi connectivity index (χ3v) is 5.82. The summed E-state index contributed by atoms with van der Waals surface area (Å²) in [5, 5.41) is 10.9. The molecule has 0 bridgehead atoms. The second-order valence-electron chi connectivity index (χ2n) is 7.57. The van der Waals surface area contributed by atoms with Gasteiger partial charge in [-0.15, -0.1) is 0 Å². The second-order valence-corrected chi connectivity index (χ2v) is 7.57. The number of phenols is 1. The van der Waals surface area contributed by atoms with Gasteiger partial charge in [-0.1, -0.05) is 0 Å². The fraction of sp³-hybridized carbons (Fsp3) is 0.458. The molecule has 8 heteroatoms. The van der Waals surface area contributed by atoms with Crippen molar-refractivity contribution in [2.75, 3.05) is 48.6 Å². The number of benzene rings is 2. The summed E-state index contributed by atoms with van der Waals surface area (Å²) in [6, 6.07) is 6.81. The third kappa shape index (κ3) is 4.64. The Bertz CT molecular complexity index is 929. The third-order valence-electron chi connectivity index (χ3n) is 5.82. The largest absolute Gasteiger partial charge is 0.507 e. The van der Waals surface area contributed by atoms with Crippen LogP contribution in [0, 0.1) is 0 Å². The van der Waals surface area contributed by atoms with Crippen LogP contribution in [-0.4, -0.2) is 64.6 Å². The summed E-state index contributed by atoms with van der Waals surface area (Å²) in [6.45, 7) is 1.49. The standard InChI is InChI=1S/C24H31NO7/c1-28-16-12-18(26)23(19(13-16)29-2)17(14-22(27)25-8-6-7-9-25)15-10-20(30-3)24(32-5)21(11-15)31-4/h10-13,17,26H,6-9,14H2,1-5H3/t17-/m1/s1. The van der Waals surface area contributed by atoms with Crippen molar-refractivity contribution in [3.05, 3.63) is 35.4 Å². The average molecular weight is 446 g/mol. The number of carbonyl (C=O) groups excluding carboxylic acids is 1. The first-order valence-corrected chi connectivity index (χ1v) is 10.5. The van der Waals surface area contributed by atoms with Gasteiger partial charge >= 0.3 is 0 Å². The summed E-state index contributed by atoms with van der Waals surface area (Å²) >= 11 is 0. The van der Waals surface area contributed by atoms with Crippen LogP contribution in [0.3, 0.4) is 0 Å². The molecule has 1 aliphatic rings. The van der Waals surface area contributed by atoms with Crippen molar-refractivity contribution in [2.45, 2.75) is 25.2 Å². The molecule has 1 atom stereocenters. The Morgan fingerprint density at radius 1 is 0.875 bits per heavy atom. The van der Waals surface area contributed by atoms with Gasteiger partial charge < -0.3 is 33.7 Å². The molecular formula is C24H31NO7. The van der Waals surface area contributed by atoms with Crippen LogP contribution in [0.4, 0.5) is 0 Å². The Morgan fingerprint density at radius 3 is 1.97 bits per heavy atom. The van der Waals surface area contributed by atoms with E-state index in [9.17, 15) is 9.90 Å². The molecule has 0 unspecified atom stereocenters. The van der Waals surface area contributed by atoms with Gasteiger partial charge in [0, 0.05) is 43.1 Å². The first-order chi connectivity index (χ1) is 15.5. The number of phenolic OH excluding ortho intramolecular Hbond substituents is 1. The molecule has 1 heterocycles. The fourth-order valence-corrected chi connectivity index (χ4v) is 4.18. The quantitative estimate of drug-likeness (QED) is 0.631. The average Bonchev–Trinajstić information content (AvgIpc) is 3.36. The number of methoxy groups -OCH3 is 5. The summed E-state index contributed by atoms with van der Waals surface area (Å²) in [5.74, 6) is 1.74. The lowest BCUT2D eigenvalue weighted by molar-refractivity contribution is -0.130. The van der Waals surface area contributed by atoms with Gasteiger partial charge in [0.15, 0.2) is 11.5 Å². The van der Waals surface area contributed by atoms with Crippen LogP contribution in [0.25, 0.3) is 0 Å². The van der Waals surface area contributed by atoms with E-state index in [1.807, 2.05) is 4.90 Å². The normalized spacial score (nSPS) is 14.1. The highest BCUT2D eigenvalue weighted by atomic mass is 16.5. The van der Waals surface area contributed by atoms with E-state index in [2.05, 4.69) is 0 Å². The van der Waals surface area contributed by atoms with Gasteiger partial charge in [-0.2, -0.15) is 0 Å². The minimum atomic E-state index is -0.516. The van der Waals surface area contributed by atoms with E-state index >= 15 is 0 Å². The molecule has 1 fully saturated rings.